The minimum Gasteiger partial charge on any atom is -0.351 e. The van der Waals surface area contributed by atoms with Crippen LogP contribution in [0.15, 0.2) is 41.3 Å². The zero-order valence-corrected chi connectivity index (χ0v) is 13.7. The molecular formula is C15H13N7O5. The lowest BCUT2D eigenvalue weighted by atomic mass is 10.2. The van der Waals surface area contributed by atoms with E-state index in [9.17, 15) is 19.7 Å². The maximum Gasteiger partial charge on any atom is 0.287 e. The van der Waals surface area contributed by atoms with E-state index in [-0.39, 0.29) is 30.1 Å². The zero-order valence-electron chi connectivity index (χ0n) is 13.7. The molecule has 0 spiro atoms. The molecule has 0 saturated heterocycles. The van der Waals surface area contributed by atoms with E-state index in [1.54, 1.807) is 24.5 Å². The monoisotopic (exact) mass is 371 g/mol. The number of hydrogen-bond donors (Lipinski definition) is 3. The summed E-state index contributed by atoms with van der Waals surface area (Å²) in [6, 6.07) is 4.50. The highest BCUT2D eigenvalue weighted by atomic mass is 16.6. The molecule has 3 rings (SSSR count). The summed E-state index contributed by atoms with van der Waals surface area (Å²) in [7, 11) is 0. The molecule has 0 aliphatic carbocycles. The van der Waals surface area contributed by atoms with E-state index in [1.807, 2.05) is 0 Å². The lowest BCUT2D eigenvalue weighted by molar-refractivity contribution is -0.384. The number of rotatable bonds is 6. The summed E-state index contributed by atoms with van der Waals surface area (Å²) in [4.78, 5) is 44.0. The quantitative estimate of drug-likeness (QED) is 0.421. The molecule has 0 aliphatic rings. The van der Waals surface area contributed by atoms with E-state index in [0.29, 0.717) is 5.82 Å². The molecule has 0 atom stereocenters. The van der Waals surface area contributed by atoms with Crippen LogP contribution in [0.5, 0.6) is 0 Å². The Morgan fingerprint density at radius 3 is 2.74 bits per heavy atom. The van der Waals surface area contributed by atoms with E-state index in [1.165, 1.54) is 0 Å². The lowest BCUT2D eigenvalue weighted by Gasteiger charge is -2.04. The Labute approximate surface area is 151 Å². The number of nitrogens with zero attached hydrogens (tertiary/aromatic N) is 4. The molecule has 27 heavy (non-hydrogen) atoms. The number of aryl methyl sites for hydroxylation is 1. The number of pyridine rings is 1. The van der Waals surface area contributed by atoms with Crippen molar-refractivity contribution in [1.29, 1.82) is 0 Å². The van der Waals surface area contributed by atoms with Gasteiger partial charge in [0.2, 0.25) is 17.6 Å². The van der Waals surface area contributed by atoms with Crippen molar-refractivity contribution < 1.29 is 19.0 Å². The van der Waals surface area contributed by atoms with Crippen molar-refractivity contribution in [3.8, 4) is 11.4 Å². The van der Waals surface area contributed by atoms with Crippen LogP contribution in [0.25, 0.3) is 11.4 Å². The van der Waals surface area contributed by atoms with Crippen LogP contribution in [0.2, 0.25) is 0 Å². The molecule has 0 bridgehead atoms. The molecule has 0 fully saturated rings. The molecule has 12 heteroatoms. The maximum atomic E-state index is 11.8. The average Bonchev–Trinajstić information content (AvgIpc) is 3.35. The zero-order chi connectivity index (χ0) is 19.2. The molecule has 3 N–H and O–H groups in total. The highest BCUT2D eigenvalue weighted by molar-refractivity contribution is 5.94. The second-order valence-corrected chi connectivity index (χ2v) is 5.28. The van der Waals surface area contributed by atoms with Crippen molar-refractivity contribution in [2.75, 3.05) is 0 Å². The van der Waals surface area contributed by atoms with E-state index < -0.39 is 16.7 Å². The van der Waals surface area contributed by atoms with Crippen molar-refractivity contribution in [3.05, 3.63) is 58.5 Å². The smallest absolute Gasteiger partial charge is 0.287 e. The second-order valence-electron chi connectivity index (χ2n) is 5.28. The topological polar surface area (TPSA) is 169 Å². The summed E-state index contributed by atoms with van der Waals surface area (Å²) in [5.74, 6) is -0.556. The van der Waals surface area contributed by atoms with Gasteiger partial charge in [0, 0.05) is 36.9 Å². The molecule has 0 unspecified atom stereocenters. The Morgan fingerprint density at radius 1 is 1.26 bits per heavy atom. The molecule has 0 radical (unpaired) electrons. The van der Waals surface area contributed by atoms with Crippen LogP contribution in [0.3, 0.4) is 0 Å². The van der Waals surface area contributed by atoms with Gasteiger partial charge in [-0.2, -0.15) is 4.98 Å². The Morgan fingerprint density at radius 2 is 2.04 bits per heavy atom. The molecular weight excluding hydrogens is 358 g/mol. The first-order valence-electron chi connectivity index (χ1n) is 7.68. The summed E-state index contributed by atoms with van der Waals surface area (Å²) >= 11 is 0. The van der Waals surface area contributed by atoms with Crippen molar-refractivity contribution in [1.82, 2.24) is 31.0 Å². The number of carbonyl (C=O) groups excluding carboxylic acids is 2. The van der Waals surface area contributed by atoms with E-state index in [4.69, 9.17) is 4.52 Å². The van der Waals surface area contributed by atoms with Gasteiger partial charge in [0.15, 0.2) is 0 Å². The lowest BCUT2D eigenvalue weighted by Crippen LogP contribution is -2.41. The Bertz CT molecular complexity index is 966. The predicted molar refractivity (Wildman–Crippen MR) is 88.9 cm³/mol. The van der Waals surface area contributed by atoms with Crippen LogP contribution in [0.4, 0.5) is 5.69 Å². The fourth-order valence-electron chi connectivity index (χ4n) is 2.07. The number of aromatic nitrogens is 4. The summed E-state index contributed by atoms with van der Waals surface area (Å²) in [5.41, 5.74) is 4.78. The number of hydrazine groups is 1. The van der Waals surface area contributed by atoms with Crippen LogP contribution in [-0.2, 0) is 11.2 Å². The Kier molecular flexibility index (Phi) is 5.16. The summed E-state index contributed by atoms with van der Waals surface area (Å²) in [5, 5.41) is 14.4. The molecule has 138 valence electrons. The normalized spacial score (nSPS) is 10.4. The van der Waals surface area contributed by atoms with Crippen molar-refractivity contribution >= 4 is 17.5 Å². The second kappa shape index (κ2) is 7.86. The van der Waals surface area contributed by atoms with Crippen LogP contribution in [0, 0.1) is 10.1 Å². The minimum atomic E-state index is -0.714. The molecule has 12 nitrogen and oxygen atoms in total. The third-order valence-corrected chi connectivity index (χ3v) is 3.41. The van der Waals surface area contributed by atoms with Gasteiger partial charge in [0.05, 0.1) is 11.1 Å². The molecule has 0 aromatic carbocycles. The summed E-state index contributed by atoms with van der Waals surface area (Å²) in [6.45, 7) is 0. The number of H-pyrrole nitrogens is 1. The van der Waals surface area contributed by atoms with Gasteiger partial charge in [-0.25, -0.2) is 0 Å². The van der Waals surface area contributed by atoms with Gasteiger partial charge in [-0.15, -0.1) is 0 Å². The van der Waals surface area contributed by atoms with Crippen molar-refractivity contribution in [2.45, 2.75) is 12.8 Å². The van der Waals surface area contributed by atoms with Gasteiger partial charge in [-0.3, -0.25) is 35.5 Å². The Balaban J connectivity index is 1.46. The summed E-state index contributed by atoms with van der Waals surface area (Å²) < 4.78 is 5.07. The number of carbonyl (C=O) groups is 2. The van der Waals surface area contributed by atoms with E-state index >= 15 is 0 Å². The van der Waals surface area contributed by atoms with E-state index in [0.717, 1.165) is 17.8 Å². The summed E-state index contributed by atoms with van der Waals surface area (Å²) in [6.07, 6.45) is 4.43. The van der Waals surface area contributed by atoms with Gasteiger partial charge in [0.1, 0.15) is 5.69 Å². The first kappa shape index (κ1) is 17.7. The fraction of sp³-hybridized carbons (Fsp3) is 0.133. The molecule has 3 aromatic rings. The minimum absolute atomic E-state index is 0.0108. The van der Waals surface area contributed by atoms with Crippen molar-refractivity contribution in [2.24, 2.45) is 0 Å². The standard InChI is InChI=1S/C15H13N7O5/c23-12(19-20-15(24)11-7-10(8-17-11)22(25)26)1-2-13-18-14(21-27-13)9-3-5-16-6-4-9/h3-8,17H,1-2H2,(H,19,23)(H,20,24). The van der Waals surface area contributed by atoms with Gasteiger partial charge in [-0.1, -0.05) is 5.16 Å². The third kappa shape index (κ3) is 4.50. The van der Waals surface area contributed by atoms with Gasteiger partial charge in [0.25, 0.3) is 11.6 Å². The van der Waals surface area contributed by atoms with Crippen LogP contribution < -0.4 is 10.9 Å². The van der Waals surface area contributed by atoms with Crippen LogP contribution in [0.1, 0.15) is 22.8 Å². The van der Waals surface area contributed by atoms with E-state index in [2.05, 4.69) is 31.0 Å². The number of nitrogens with one attached hydrogen (secondary N) is 3. The molecule has 3 aromatic heterocycles. The number of amides is 2. The van der Waals surface area contributed by atoms with Gasteiger partial charge >= 0.3 is 0 Å². The number of hydrogen-bond acceptors (Lipinski definition) is 8. The fourth-order valence-corrected chi connectivity index (χ4v) is 2.07. The molecule has 2 amide bonds. The third-order valence-electron chi connectivity index (χ3n) is 3.41. The highest BCUT2D eigenvalue weighted by Gasteiger charge is 2.15. The van der Waals surface area contributed by atoms with Crippen LogP contribution in [-0.4, -0.2) is 36.8 Å². The highest BCUT2D eigenvalue weighted by Crippen LogP contribution is 2.14. The first-order valence-corrected chi connectivity index (χ1v) is 7.68. The van der Waals surface area contributed by atoms with Gasteiger partial charge in [-0.05, 0) is 12.1 Å². The number of aromatic amines is 1. The molecule has 0 aliphatic heterocycles. The molecule has 3 heterocycles. The Hall–Kier alpha value is -4.09. The van der Waals surface area contributed by atoms with Gasteiger partial charge < -0.3 is 9.51 Å². The van der Waals surface area contributed by atoms with Crippen LogP contribution >= 0.6 is 0 Å². The number of nitro groups is 1. The largest absolute Gasteiger partial charge is 0.351 e. The first-order chi connectivity index (χ1) is 13.0. The average molecular weight is 371 g/mol. The maximum absolute atomic E-state index is 11.8. The van der Waals surface area contributed by atoms with Crippen molar-refractivity contribution in [3.63, 3.8) is 0 Å². The predicted octanol–water partition coefficient (Wildman–Crippen LogP) is 0.762. The SMILES string of the molecule is O=C(CCc1nc(-c2ccncc2)no1)NNC(=O)c1cc([N+](=O)[O-])c[nH]1. The molecule has 0 saturated carbocycles.